The smallest absolute Gasteiger partial charge is 0.257 e. The van der Waals surface area contributed by atoms with E-state index in [-0.39, 0.29) is 5.91 Å². The minimum absolute atomic E-state index is 0.00555. The molecule has 1 aromatic heterocycles. The van der Waals surface area contributed by atoms with E-state index in [0.29, 0.717) is 18.7 Å². The Morgan fingerprint density at radius 1 is 0.929 bits per heavy atom. The van der Waals surface area contributed by atoms with E-state index in [0.717, 1.165) is 22.6 Å². The zero-order valence-corrected chi connectivity index (χ0v) is 17.3. The summed E-state index contributed by atoms with van der Waals surface area (Å²) < 4.78 is 1.91. The average Bonchev–Trinajstić information content (AvgIpc) is 2.95. The molecular weight excluding hydrogens is 348 g/mol. The molecule has 0 saturated carbocycles. The molecule has 0 bridgehead atoms. The number of amides is 1. The second-order valence-corrected chi connectivity index (χ2v) is 7.41. The Kier molecular flexibility index (Phi) is 5.83. The van der Waals surface area contributed by atoms with Crippen LogP contribution >= 0.6 is 0 Å². The topological polar surface area (TPSA) is 41.4 Å². The van der Waals surface area contributed by atoms with E-state index in [4.69, 9.17) is 0 Å². The highest BCUT2D eigenvalue weighted by Crippen LogP contribution is 2.19. The van der Waals surface area contributed by atoms with Crippen LogP contribution < -0.4 is 4.90 Å². The van der Waals surface area contributed by atoms with Crippen molar-refractivity contribution in [3.63, 3.8) is 0 Å². The van der Waals surface area contributed by atoms with Gasteiger partial charge in [0.2, 0.25) is 0 Å². The molecule has 0 saturated heterocycles. The van der Waals surface area contributed by atoms with Crippen molar-refractivity contribution in [3.8, 4) is 0 Å². The first-order valence-electron chi connectivity index (χ1n) is 9.46. The Balaban J connectivity index is 1.76. The maximum atomic E-state index is 13.1. The number of aromatic nitrogens is 2. The fraction of sp³-hybridized carbons (Fsp3) is 0.304. The molecule has 0 aliphatic carbocycles. The van der Waals surface area contributed by atoms with Crippen molar-refractivity contribution in [1.29, 1.82) is 0 Å². The first-order valence-corrected chi connectivity index (χ1v) is 9.46. The number of carbonyl (C=O) groups excluding carboxylic acids is 1. The molecule has 3 aromatic rings. The van der Waals surface area contributed by atoms with Crippen LogP contribution in [-0.4, -0.2) is 41.7 Å². The summed E-state index contributed by atoms with van der Waals surface area (Å²) in [5, 5.41) is 4.61. The monoisotopic (exact) mass is 376 g/mol. The second kappa shape index (κ2) is 8.30. The molecule has 0 atom stereocenters. The minimum atomic E-state index is 0.00555. The number of hydrogen-bond donors (Lipinski definition) is 0. The lowest BCUT2D eigenvalue weighted by atomic mass is 10.1. The van der Waals surface area contributed by atoms with Crippen LogP contribution in [0.2, 0.25) is 0 Å². The van der Waals surface area contributed by atoms with Gasteiger partial charge in [-0.25, -0.2) is 0 Å². The lowest BCUT2D eigenvalue weighted by Gasteiger charge is -2.19. The van der Waals surface area contributed by atoms with Crippen LogP contribution in [0.4, 0.5) is 5.69 Å². The Bertz CT molecular complexity index is 943. The van der Waals surface area contributed by atoms with E-state index in [2.05, 4.69) is 46.4 Å². The first kappa shape index (κ1) is 19.7. The molecule has 146 valence electrons. The van der Waals surface area contributed by atoms with Gasteiger partial charge in [-0.15, -0.1) is 0 Å². The van der Waals surface area contributed by atoms with Gasteiger partial charge in [-0.05, 0) is 37.1 Å². The van der Waals surface area contributed by atoms with Gasteiger partial charge < -0.3 is 9.80 Å². The molecule has 2 aromatic carbocycles. The molecule has 0 aliphatic heterocycles. The Morgan fingerprint density at radius 2 is 1.57 bits per heavy atom. The van der Waals surface area contributed by atoms with Crippen molar-refractivity contribution in [2.75, 3.05) is 26.0 Å². The summed E-state index contributed by atoms with van der Waals surface area (Å²) in [5.41, 5.74) is 5.79. The van der Waals surface area contributed by atoms with Crippen LogP contribution in [0.1, 0.15) is 32.9 Å². The standard InChI is InChI=1S/C23H28N4O/c1-17-22(18(2)27(24-17)16-19-9-7-6-8-10-19)23(28)26(5)15-20-11-13-21(14-12-20)25(3)4/h6-14H,15-16H2,1-5H3. The second-order valence-electron chi connectivity index (χ2n) is 7.41. The summed E-state index contributed by atoms with van der Waals surface area (Å²) in [6, 6.07) is 18.5. The van der Waals surface area contributed by atoms with E-state index < -0.39 is 0 Å². The first-order chi connectivity index (χ1) is 13.4. The van der Waals surface area contributed by atoms with Crippen LogP contribution in [0, 0.1) is 13.8 Å². The summed E-state index contributed by atoms with van der Waals surface area (Å²) in [6.45, 7) is 5.10. The van der Waals surface area contributed by atoms with Gasteiger partial charge in [0.15, 0.2) is 0 Å². The third-order valence-electron chi connectivity index (χ3n) is 4.99. The van der Waals surface area contributed by atoms with Crippen LogP contribution in [0.25, 0.3) is 0 Å². The molecule has 0 N–H and O–H groups in total. The van der Waals surface area contributed by atoms with Crippen molar-refractivity contribution >= 4 is 11.6 Å². The maximum absolute atomic E-state index is 13.1. The minimum Gasteiger partial charge on any atom is -0.378 e. The van der Waals surface area contributed by atoms with Gasteiger partial charge in [0.1, 0.15) is 0 Å². The molecule has 0 spiro atoms. The van der Waals surface area contributed by atoms with Crippen LogP contribution in [0.3, 0.4) is 0 Å². The molecule has 0 unspecified atom stereocenters. The summed E-state index contributed by atoms with van der Waals surface area (Å²) in [5.74, 6) is 0.00555. The third kappa shape index (κ3) is 4.25. The summed E-state index contributed by atoms with van der Waals surface area (Å²) in [6.07, 6.45) is 0. The fourth-order valence-electron chi connectivity index (χ4n) is 3.35. The van der Waals surface area contributed by atoms with Gasteiger partial charge in [-0.1, -0.05) is 42.5 Å². The van der Waals surface area contributed by atoms with Crippen molar-refractivity contribution in [2.45, 2.75) is 26.9 Å². The largest absolute Gasteiger partial charge is 0.378 e. The number of anilines is 1. The number of carbonyl (C=O) groups is 1. The molecule has 1 heterocycles. The maximum Gasteiger partial charge on any atom is 0.257 e. The lowest BCUT2D eigenvalue weighted by molar-refractivity contribution is 0.0783. The number of hydrogen-bond acceptors (Lipinski definition) is 3. The summed E-state index contributed by atoms with van der Waals surface area (Å²) in [4.78, 5) is 16.9. The van der Waals surface area contributed by atoms with E-state index in [1.54, 1.807) is 4.90 Å². The fourth-order valence-corrected chi connectivity index (χ4v) is 3.35. The van der Waals surface area contributed by atoms with Gasteiger partial charge in [0.25, 0.3) is 5.91 Å². The van der Waals surface area contributed by atoms with Crippen LogP contribution in [0.15, 0.2) is 54.6 Å². The van der Waals surface area contributed by atoms with Gasteiger partial charge >= 0.3 is 0 Å². The van der Waals surface area contributed by atoms with Gasteiger partial charge in [-0.2, -0.15) is 5.10 Å². The zero-order valence-electron chi connectivity index (χ0n) is 17.3. The van der Waals surface area contributed by atoms with Gasteiger partial charge in [-0.3, -0.25) is 9.48 Å². The highest BCUT2D eigenvalue weighted by atomic mass is 16.2. The Labute approximate surface area is 167 Å². The number of benzene rings is 2. The predicted molar refractivity (Wildman–Crippen MR) is 114 cm³/mol. The normalized spacial score (nSPS) is 10.8. The Morgan fingerprint density at radius 3 is 2.18 bits per heavy atom. The molecule has 0 radical (unpaired) electrons. The van der Waals surface area contributed by atoms with Crippen molar-refractivity contribution in [1.82, 2.24) is 14.7 Å². The van der Waals surface area contributed by atoms with Crippen molar-refractivity contribution in [2.24, 2.45) is 0 Å². The number of nitrogens with zero attached hydrogens (tertiary/aromatic N) is 4. The third-order valence-corrected chi connectivity index (χ3v) is 4.99. The van der Waals surface area contributed by atoms with E-state index in [1.807, 2.05) is 57.9 Å². The summed E-state index contributed by atoms with van der Waals surface area (Å²) in [7, 11) is 5.88. The number of rotatable bonds is 6. The lowest BCUT2D eigenvalue weighted by Crippen LogP contribution is -2.27. The van der Waals surface area contributed by atoms with Crippen molar-refractivity contribution in [3.05, 3.63) is 82.7 Å². The van der Waals surface area contributed by atoms with Gasteiger partial charge in [0.05, 0.1) is 17.8 Å². The average molecular weight is 377 g/mol. The molecule has 5 nitrogen and oxygen atoms in total. The summed E-state index contributed by atoms with van der Waals surface area (Å²) >= 11 is 0. The quantitative estimate of drug-likeness (QED) is 0.655. The predicted octanol–water partition coefficient (Wildman–Crippen LogP) is 3.89. The SMILES string of the molecule is Cc1nn(Cc2ccccc2)c(C)c1C(=O)N(C)Cc1ccc(N(C)C)cc1. The van der Waals surface area contributed by atoms with Crippen LogP contribution in [0.5, 0.6) is 0 Å². The molecule has 3 rings (SSSR count). The molecular formula is C23H28N4O. The molecule has 28 heavy (non-hydrogen) atoms. The van der Waals surface area contributed by atoms with E-state index in [1.165, 1.54) is 5.56 Å². The molecule has 1 amide bonds. The van der Waals surface area contributed by atoms with E-state index in [9.17, 15) is 4.79 Å². The number of aryl methyl sites for hydroxylation is 1. The molecule has 5 heteroatoms. The highest BCUT2D eigenvalue weighted by molar-refractivity contribution is 5.96. The zero-order chi connectivity index (χ0) is 20.3. The highest BCUT2D eigenvalue weighted by Gasteiger charge is 2.22. The van der Waals surface area contributed by atoms with Gasteiger partial charge in [0, 0.05) is 39.1 Å². The molecule has 0 fully saturated rings. The van der Waals surface area contributed by atoms with Crippen molar-refractivity contribution < 1.29 is 4.79 Å². The Hall–Kier alpha value is -3.08. The van der Waals surface area contributed by atoms with Crippen LogP contribution in [-0.2, 0) is 13.1 Å². The molecule has 0 aliphatic rings. The van der Waals surface area contributed by atoms with E-state index >= 15 is 0 Å².